The van der Waals surface area contributed by atoms with Gasteiger partial charge in [0.05, 0.1) is 0 Å². The van der Waals surface area contributed by atoms with Crippen molar-refractivity contribution in [1.29, 1.82) is 0 Å². The van der Waals surface area contributed by atoms with Crippen LogP contribution in [-0.4, -0.2) is 48.6 Å². The van der Waals surface area contributed by atoms with Crippen molar-refractivity contribution in [2.75, 3.05) is 37.6 Å². The Morgan fingerprint density at radius 3 is 2.67 bits per heavy atom. The van der Waals surface area contributed by atoms with Gasteiger partial charge >= 0.3 is 6.03 Å². The molecule has 1 fully saturated rings. The van der Waals surface area contributed by atoms with Gasteiger partial charge in [-0.15, -0.1) is 0 Å². The van der Waals surface area contributed by atoms with Crippen molar-refractivity contribution in [3.8, 4) is 0 Å². The molecule has 0 unspecified atom stereocenters. The van der Waals surface area contributed by atoms with E-state index in [4.69, 9.17) is 0 Å². The molecule has 24 heavy (non-hydrogen) atoms. The van der Waals surface area contributed by atoms with Crippen LogP contribution < -0.4 is 10.2 Å². The molecule has 0 bridgehead atoms. The van der Waals surface area contributed by atoms with Crippen LogP contribution in [-0.2, 0) is 6.42 Å². The average molecular weight is 324 g/mol. The van der Waals surface area contributed by atoms with Crippen LogP contribution in [0.5, 0.6) is 0 Å². The maximum atomic E-state index is 12.3. The quantitative estimate of drug-likeness (QED) is 0.940. The van der Waals surface area contributed by atoms with E-state index < -0.39 is 0 Å². The minimum Gasteiger partial charge on any atom is -0.368 e. The molecular formula is C19H24N4O. The van der Waals surface area contributed by atoms with Gasteiger partial charge in [-0.2, -0.15) is 0 Å². The molecule has 5 heteroatoms. The Hall–Kier alpha value is -2.56. The zero-order valence-corrected chi connectivity index (χ0v) is 14.1. The smallest absolute Gasteiger partial charge is 0.317 e. The van der Waals surface area contributed by atoms with Crippen LogP contribution >= 0.6 is 0 Å². The van der Waals surface area contributed by atoms with E-state index in [1.54, 1.807) is 6.20 Å². The molecule has 0 atom stereocenters. The molecule has 2 amide bonds. The topological polar surface area (TPSA) is 48.5 Å². The molecule has 5 nitrogen and oxygen atoms in total. The van der Waals surface area contributed by atoms with E-state index in [2.05, 4.69) is 46.4 Å². The number of amides is 2. The molecule has 1 aliphatic rings. The van der Waals surface area contributed by atoms with Gasteiger partial charge in [0, 0.05) is 56.7 Å². The molecule has 0 saturated carbocycles. The van der Waals surface area contributed by atoms with E-state index in [9.17, 15) is 4.79 Å². The van der Waals surface area contributed by atoms with E-state index in [1.165, 1.54) is 11.3 Å². The third kappa shape index (κ3) is 4.25. The zero-order valence-electron chi connectivity index (χ0n) is 14.1. The van der Waals surface area contributed by atoms with Gasteiger partial charge in [-0.05, 0) is 36.8 Å². The number of rotatable bonds is 4. The number of aromatic nitrogens is 1. The molecular weight excluding hydrogens is 300 g/mol. The standard InChI is InChI=1S/C19H24N4O/c1-16-5-4-7-18(15-16)22-11-13-23(14-12-22)19(24)21-10-8-17-6-2-3-9-20-17/h2-7,9,15H,8,10-14H2,1H3,(H,21,24). The molecule has 0 radical (unpaired) electrons. The lowest BCUT2D eigenvalue weighted by Crippen LogP contribution is -2.52. The van der Waals surface area contributed by atoms with Gasteiger partial charge in [-0.1, -0.05) is 18.2 Å². The number of piperazine rings is 1. The first kappa shape index (κ1) is 16.3. The maximum Gasteiger partial charge on any atom is 0.317 e. The number of nitrogens with one attached hydrogen (secondary N) is 1. The normalized spacial score (nSPS) is 14.5. The minimum atomic E-state index is 0.0230. The molecule has 1 saturated heterocycles. The van der Waals surface area contributed by atoms with Gasteiger partial charge in [-0.3, -0.25) is 4.98 Å². The Labute approximate surface area is 143 Å². The van der Waals surface area contributed by atoms with Crippen molar-refractivity contribution in [2.24, 2.45) is 0 Å². The first-order valence-corrected chi connectivity index (χ1v) is 8.47. The van der Waals surface area contributed by atoms with E-state index >= 15 is 0 Å². The fourth-order valence-corrected chi connectivity index (χ4v) is 2.95. The molecule has 1 aromatic carbocycles. The largest absolute Gasteiger partial charge is 0.368 e. The summed E-state index contributed by atoms with van der Waals surface area (Å²) in [4.78, 5) is 20.8. The van der Waals surface area contributed by atoms with E-state index in [0.717, 1.165) is 38.3 Å². The number of carbonyl (C=O) groups excluding carboxylic acids is 1. The van der Waals surface area contributed by atoms with Crippen molar-refractivity contribution >= 4 is 11.7 Å². The Morgan fingerprint density at radius 2 is 1.96 bits per heavy atom. The van der Waals surface area contributed by atoms with Crippen LogP contribution in [0.3, 0.4) is 0 Å². The highest BCUT2D eigenvalue weighted by molar-refractivity contribution is 5.74. The van der Waals surface area contributed by atoms with Crippen LogP contribution in [0.15, 0.2) is 48.7 Å². The number of anilines is 1. The Bertz CT molecular complexity index is 666. The summed E-state index contributed by atoms with van der Waals surface area (Å²) in [5.74, 6) is 0. The number of nitrogens with zero attached hydrogens (tertiary/aromatic N) is 3. The summed E-state index contributed by atoms with van der Waals surface area (Å²) < 4.78 is 0. The van der Waals surface area contributed by atoms with Crippen LogP contribution in [0.2, 0.25) is 0 Å². The van der Waals surface area contributed by atoms with Crippen molar-refractivity contribution in [2.45, 2.75) is 13.3 Å². The molecule has 0 spiro atoms. The van der Waals surface area contributed by atoms with E-state index in [1.807, 2.05) is 23.1 Å². The van der Waals surface area contributed by atoms with Crippen molar-refractivity contribution in [1.82, 2.24) is 15.2 Å². The highest BCUT2D eigenvalue weighted by Gasteiger charge is 2.20. The van der Waals surface area contributed by atoms with Crippen LogP contribution in [0.1, 0.15) is 11.3 Å². The molecule has 126 valence electrons. The van der Waals surface area contributed by atoms with Crippen LogP contribution in [0, 0.1) is 6.92 Å². The highest BCUT2D eigenvalue weighted by atomic mass is 16.2. The minimum absolute atomic E-state index is 0.0230. The SMILES string of the molecule is Cc1cccc(N2CCN(C(=O)NCCc3ccccn3)CC2)c1. The first-order chi connectivity index (χ1) is 11.7. The fraction of sp³-hybridized carbons (Fsp3) is 0.368. The number of aryl methyl sites for hydroxylation is 1. The van der Waals surface area contributed by atoms with Crippen LogP contribution in [0.4, 0.5) is 10.5 Å². The van der Waals surface area contributed by atoms with Crippen LogP contribution in [0.25, 0.3) is 0 Å². The Balaban J connectivity index is 1.43. The molecule has 3 rings (SSSR count). The summed E-state index contributed by atoms with van der Waals surface area (Å²) in [6, 6.07) is 14.4. The summed E-state index contributed by atoms with van der Waals surface area (Å²) in [6.45, 7) is 5.98. The second kappa shape index (κ2) is 7.81. The van der Waals surface area contributed by atoms with Gasteiger partial charge in [-0.25, -0.2) is 4.79 Å². The third-order valence-corrected chi connectivity index (χ3v) is 4.32. The lowest BCUT2D eigenvalue weighted by atomic mass is 10.2. The molecule has 0 aliphatic carbocycles. The first-order valence-electron chi connectivity index (χ1n) is 8.47. The Morgan fingerprint density at radius 1 is 1.12 bits per heavy atom. The van der Waals surface area contributed by atoms with Crippen molar-refractivity contribution < 1.29 is 4.79 Å². The van der Waals surface area contributed by atoms with Gasteiger partial charge in [0.1, 0.15) is 0 Å². The van der Waals surface area contributed by atoms with Gasteiger partial charge < -0.3 is 15.1 Å². The third-order valence-electron chi connectivity index (χ3n) is 4.32. The second-order valence-electron chi connectivity index (χ2n) is 6.12. The van der Waals surface area contributed by atoms with Gasteiger partial charge in [0.25, 0.3) is 0 Å². The predicted octanol–water partition coefficient (Wildman–Crippen LogP) is 2.46. The number of benzene rings is 1. The lowest BCUT2D eigenvalue weighted by molar-refractivity contribution is 0.194. The highest BCUT2D eigenvalue weighted by Crippen LogP contribution is 2.17. The Kier molecular flexibility index (Phi) is 5.31. The maximum absolute atomic E-state index is 12.3. The fourth-order valence-electron chi connectivity index (χ4n) is 2.95. The van der Waals surface area contributed by atoms with Crippen molar-refractivity contribution in [3.63, 3.8) is 0 Å². The summed E-state index contributed by atoms with van der Waals surface area (Å²) in [5.41, 5.74) is 3.51. The van der Waals surface area contributed by atoms with Crippen molar-refractivity contribution in [3.05, 3.63) is 59.9 Å². The summed E-state index contributed by atoms with van der Waals surface area (Å²) >= 11 is 0. The summed E-state index contributed by atoms with van der Waals surface area (Å²) in [5, 5.41) is 2.99. The van der Waals surface area contributed by atoms with E-state index in [0.29, 0.717) is 6.54 Å². The predicted molar refractivity (Wildman–Crippen MR) is 96.3 cm³/mol. The monoisotopic (exact) mass is 324 g/mol. The molecule has 1 aromatic heterocycles. The number of pyridine rings is 1. The lowest BCUT2D eigenvalue weighted by Gasteiger charge is -2.36. The number of urea groups is 1. The second-order valence-corrected chi connectivity index (χ2v) is 6.12. The van der Waals surface area contributed by atoms with Gasteiger partial charge in [0.2, 0.25) is 0 Å². The number of hydrogen-bond acceptors (Lipinski definition) is 3. The van der Waals surface area contributed by atoms with Gasteiger partial charge in [0.15, 0.2) is 0 Å². The number of hydrogen-bond donors (Lipinski definition) is 1. The van der Waals surface area contributed by atoms with E-state index in [-0.39, 0.29) is 6.03 Å². The number of carbonyl (C=O) groups is 1. The molecule has 1 aliphatic heterocycles. The summed E-state index contributed by atoms with van der Waals surface area (Å²) in [7, 11) is 0. The zero-order chi connectivity index (χ0) is 16.8. The average Bonchev–Trinajstić information content (AvgIpc) is 2.63. The molecule has 2 aromatic rings. The molecule has 2 heterocycles. The molecule has 1 N–H and O–H groups in total. The summed E-state index contributed by atoms with van der Waals surface area (Å²) in [6.07, 6.45) is 2.54.